The lowest BCUT2D eigenvalue weighted by Crippen LogP contribution is -2.72. The van der Waals surface area contributed by atoms with Gasteiger partial charge < -0.3 is 109 Å². The SMILES string of the molecule is CC(C)=CCC[C@](C)(OC1OC(COC2OCC(O)C(O)C2O)C(O)C(O)C1O)[C@H]1CC[C@]2(C)[C@@H]1[C@H](O)C[C@@H]1[C@@]3(C)CC[C@H](OC4OC(CO)C(O)C(O)C4OC4OC(CO)C(O)C(O)C4O)C(C)(C)C3(I)CC[C@]12C. The van der Waals surface area contributed by atoms with Crippen molar-refractivity contribution >= 4 is 22.6 Å². The van der Waals surface area contributed by atoms with Gasteiger partial charge in [-0.3, -0.25) is 0 Å². The summed E-state index contributed by atoms with van der Waals surface area (Å²) in [5.41, 5.74) is -1.69. The Morgan fingerprint density at radius 3 is 1.80 bits per heavy atom. The van der Waals surface area contributed by atoms with Crippen LogP contribution in [0.3, 0.4) is 0 Å². The molecule has 14 N–H and O–H groups in total. The second-order valence-corrected chi connectivity index (χ2v) is 27.2. The van der Waals surface area contributed by atoms with Crippen molar-refractivity contribution in [1.82, 2.24) is 0 Å². The Hall–Kier alpha value is -0.410. The molecule has 440 valence electrons. The third kappa shape index (κ3) is 10.3. The molecule has 0 bridgehead atoms. The number of halogens is 1. The van der Waals surface area contributed by atoms with Crippen molar-refractivity contribution in [2.45, 2.75) is 251 Å². The minimum atomic E-state index is -1.82. The lowest BCUT2D eigenvalue weighted by molar-refractivity contribution is -0.377. The molecule has 76 heavy (non-hydrogen) atoms. The highest BCUT2D eigenvalue weighted by Gasteiger charge is 2.75. The number of fused-ring (bicyclic) bond motifs is 5. The highest BCUT2D eigenvalue weighted by atomic mass is 127. The first kappa shape index (κ1) is 61.7. The van der Waals surface area contributed by atoms with Gasteiger partial charge >= 0.3 is 0 Å². The molecule has 4 saturated heterocycles. The van der Waals surface area contributed by atoms with Gasteiger partial charge in [0.05, 0.1) is 44.2 Å². The van der Waals surface area contributed by atoms with E-state index < -0.39 is 169 Å². The van der Waals surface area contributed by atoms with Gasteiger partial charge in [-0.05, 0) is 113 Å². The summed E-state index contributed by atoms with van der Waals surface area (Å²) >= 11 is 2.62. The first-order valence-corrected chi connectivity index (χ1v) is 28.4. The highest BCUT2D eigenvalue weighted by molar-refractivity contribution is 14.1. The van der Waals surface area contributed by atoms with Crippen LogP contribution in [0.5, 0.6) is 0 Å². The van der Waals surface area contributed by atoms with Gasteiger partial charge in [0.1, 0.15) is 91.6 Å². The van der Waals surface area contributed by atoms with Crippen LogP contribution in [0.2, 0.25) is 0 Å². The van der Waals surface area contributed by atoms with Crippen molar-refractivity contribution in [3.8, 4) is 0 Å². The summed E-state index contributed by atoms with van der Waals surface area (Å²) in [5.74, 6) is -0.510. The smallest absolute Gasteiger partial charge is 0.187 e. The van der Waals surface area contributed by atoms with Gasteiger partial charge in [0, 0.05) is 8.84 Å². The zero-order chi connectivity index (χ0) is 56.0. The molecule has 20 unspecified atom stereocenters. The summed E-state index contributed by atoms with van der Waals surface area (Å²) in [7, 11) is 0. The van der Waals surface area contributed by atoms with Crippen molar-refractivity contribution in [3.63, 3.8) is 0 Å². The standard InChI is InChI=1S/C53H89IO22/c1-23(2)10-9-13-52(8,76-46-42(68)38(64)36(62)29(73-46)22-70-44-40(66)33(59)26(58)21-69-44)24-11-14-51(7)32(24)25(57)18-30-49(51,5)16-17-53(54)48(3,4)31(12-15-50(30,53)6)74-47-43(39(65)35(61)28(20-56)72-47)75-45-41(67)37(63)34(60)27(19-55)71-45/h10,24-47,55-68H,9,11-22H2,1-8H3/t24-,25+,26?,27?,28?,29?,30-,31-,32-,33?,34?,35?,36?,37?,38?,39?,40?,41?,42?,43?,44?,45?,46?,47?,49+,50+,51+,52-,53?/m0/s1. The molecular formula is C53H89IO22. The molecule has 22 nitrogen and oxygen atoms in total. The Kier molecular flexibility index (Phi) is 18.6. The zero-order valence-corrected chi connectivity index (χ0v) is 47.2. The van der Waals surface area contributed by atoms with E-state index >= 15 is 0 Å². The minimum absolute atomic E-state index is 0.0135. The van der Waals surface area contributed by atoms with Crippen molar-refractivity contribution < 1.29 is 109 Å². The molecule has 0 radical (unpaired) electrons. The number of alkyl halides is 1. The van der Waals surface area contributed by atoms with Crippen molar-refractivity contribution in [1.29, 1.82) is 0 Å². The van der Waals surface area contributed by atoms with E-state index in [1.807, 2.05) is 20.8 Å². The lowest BCUT2D eigenvalue weighted by atomic mass is 9.35. The van der Waals surface area contributed by atoms with Crippen molar-refractivity contribution in [2.75, 3.05) is 26.4 Å². The predicted molar refractivity (Wildman–Crippen MR) is 273 cm³/mol. The number of allylic oxidation sites excluding steroid dienone is 2. The quantitative estimate of drug-likeness (QED) is 0.0404. The van der Waals surface area contributed by atoms with E-state index in [2.05, 4.69) is 63.3 Å². The van der Waals surface area contributed by atoms with Crippen molar-refractivity contribution in [2.24, 2.45) is 39.4 Å². The number of rotatable bonds is 15. The summed E-state index contributed by atoms with van der Waals surface area (Å²) in [6, 6.07) is 0. The lowest BCUT2D eigenvalue weighted by Gasteiger charge is -2.73. The van der Waals surface area contributed by atoms with Crippen molar-refractivity contribution in [3.05, 3.63) is 11.6 Å². The molecule has 4 heterocycles. The van der Waals surface area contributed by atoms with Crippen LogP contribution in [-0.4, -0.2) is 236 Å². The van der Waals surface area contributed by atoms with E-state index in [1.54, 1.807) is 0 Å². The van der Waals surface area contributed by atoms with Crippen LogP contribution in [-0.2, 0) is 37.9 Å². The molecule has 8 aliphatic rings. The molecule has 0 aromatic carbocycles. The van der Waals surface area contributed by atoms with E-state index in [4.69, 9.17) is 37.9 Å². The van der Waals surface area contributed by atoms with Crippen LogP contribution < -0.4 is 0 Å². The van der Waals surface area contributed by atoms with Crippen LogP contribution in [0.15, 0.2) is 11.6 Å². The fourth-order valence-corrected chi connectivity index (χ4v) is 17.0. The fraction of sp³-hybridized carbons (Fsp3) is 0.962. The third-order valence-corrected chi connectivity index (χ3v) is 23.9. The van der Waals surface area contributed by atoms with Crippen LogP contribution in [0.25, 0.3) is 0 Å². The summed E-state index contributed by atoms with van der Waals surface area (Å²) in [4.78, 5) is 0. The van der Waals surface area contributed by atoms with Crippen LogP contribution >= 0.6 is 22.6 Å². The Morgan fingerprint density at radius 2 is 1.17 bits per heavy atom. The second-order valence-electron chi connectivity index (χ2n) is 25.3. The topological polar surface area (TPSA) is 357 Å². The molecule has 4 aliphatic carbocycles. The zero-order valence-electron chi connectivity index (χ0n) is 45.0. The highest BCUT2D eigenvalue weighted by Crippen LogP contribution is 2.78. The van der Waals surface area contributed by atoms with Crippen LogP contribution in [0.1, 0.15) is 113 Å². The Labute approximate surface area is 458 Å². The van der Waals surface area contributed by atoms with E-state index in [9.17, 15) is 71.5 Å². The van der Waals surface area contributed by atoms with Gasteiger partial charge in [-0.1, -0.05) is 68.9 Å². The summed E-state index contributed by atoms with van der Waals surface area (Å²) in [5, 5.41) is 152. The molecule has 23 heteroatoms. The number of aliphatic hydroxyl groups excluding tert-OH is 14. The summed E-state index contributed by atoms with van der Waals surface area (Å²) in [6.45, 7) is 15.1. The average Bonchev–Trinajstić information content (AvgIpc) is 3.79. The Bertz CT molecular complexity index is 2000. The average molecular weight is 1210 g/mol. The van der Waals surface area contributed by atoms with Gasteiger partial charge in [-0.25, -0.2) is 0 Å². The first-order chi connectivity index (χ1) is 35.5. The number of hydrogen-bond acceptors (Lipinski definition) is 22. The van der Waals surface area contributed by atoms with Gasteiger partial charge in [0.25, 0.3) is 0 Å². The summed E-state index contributed by atoms with van der Waals surface area (Å²) in [6.07, 6.45) is -23.0. The maximum Gasteiger partial charge on any atom is 0.187 e. The first-order valence-electron chi connectivity index (χ1n) is 27.4. The fourth-order valence-electron chi connectivity index (χ4n) is 15.8. The Morgan fingerprint density at radius 1 is 0.605 bits per heavy atom. The third-order valence-electron chi connectivity index (χ3n) is 20.7. The molecule has 29 atom stereocenters. The van der Waals surface area contributed by atoms with E-state index in [1.165, 1.54) is 0 Å². The number of aliphatic hydroxyl groups is 14. The maximum absolute atomic E-state index is 12.9. The molecule has 0 aromatic rings. The minimum Gasteiger partial charge on any atom is -0.394 e. The van der Waals surface area contributed by atoms with Gasteiger partial charge in [-0.15, -0.1) is 0 Å². The molecule has 0 amide bonds. The molecular weight excluding hydrogens is 1120 g/mol. The monoisotopic (exact) mass is 1200 g/mol. The Balaban J connectivity index is 1.03. The second kappa shape index (κ2) is 23.0. The van der Waals surface area contributed by atoms with E-state index in [0.29, 0.717) is 38.5 Å². The van der Waals surface area contributed by atoms with Gasteiger partial charge in [-0.2, -0.15) is 0 Å². The molecule has 8 fully saturated rings. The molecule has 4 aliphatic heterocycles. The summed E-state index contributed by atoms with van der Waals surface area (Å²) < 4.78 is 48.5. The molecule has 0 aromatic heterocycles. The molecule has 8 rings (SSSR count). The predicted octanol–water partition coefficient (Wildman–Crippen LogP) is -1.01. The van der Waals surface area contributed by atoms with Crippen LogP contribution in [0, 0.1) is 39.4 Å². The maximum atomic E-state index is 12.9. The van der Waals surface area contributed by atoms with E-state index in [-0.39, 0.29) is 35.2 Å². The number of ether oxygens (including phenoxy) is 8. The molecule has 4 saturated carbocycles. The van der Waals surface area contributed by atoms with E-state index in [0.717, 1.165) is 24.8 Å². The van der Waals surface area contributed by atoms with Gasteiger partial charge in [0.15, 0.2) is 25.2 Å². The largest absolute Gasteiger partial charge is 0.394 e. The normalized spacial score (nSPS) is 53.2. The number of hydrogen-bond donors (Lipinski definition) is 14. The van der Waals surface area contributed by atoms with Gasteiger partial charge in [0.2, 0.25) is 0 Å². The molecule has 0 spiro atoms. The van der Waals surface area contributed by atoms with Crippen LogP contribution in [0.4, 0.5) is 0 Å².